The molecule has 2 heterocycles. The summed E-state index contributed by atoms with van der Waals surface area (Å²) in [6.45, 7) is 5.90. The van der Waals surface area contributed by atoms with E-state index >= 15 is 0 Å². The van der Waals surface area contributed by atoms with Gasteiger partial charge in [-0.15, -0.1) is 0 Å². The number of nitrogens with zero attached hydrogens (tertiary/aromatic N) is 2. The Balaban J connectivity index is 1.29. The lowest BCUT2D eigenvalue weighted by Crippen LogP contribution is -2.45. The fourth-order valence-corrected chi connectivity index (χ4v) is 4.00. The van der Waals surface area contributed by atoms with Crippen LogP contribution in [0.4, 0.5) is 5.69 Å². The number of piperazine rings is 1. The Morgan fingerprint density at radius 1 is 0.882 bits per heavy atom. The number of anilines is 1. The molecule has 0 atom stereocenters. The van der Waals surface area contributed by atoms with Gasteiger partial charge in [0.1, 0.15) is 0 Å². The lowest BCUT2D eigenvalue weighted by atomic mass is 10.1. The van der Waals surface area contributed by atoms with Crippen molar-refractivity contribution >= 4 is 17.6 Å². The summed E-state index contributed by atoms with van der Waals surface area (Å²) in [5.41, 5.74) is 2.93. The first-order chi connectivity index (χ1) is 16.6. The number of fused-ring (bicyclic) bond motifs is 1. The van der Waals surface area contributed by atoms with Gasteiger partial charge in [-0.25, -0.2) is 9.59 Å². The highest BCUT2D eigenvalue weighted by atomic mass is 16.7. The van der Waals surface area contributed by atoms with Crippen molar-refractivity contribution in [2.75, 3.05) is 52.5 Å². The first-order valence-electron chi connectivity index (χ1n) is 11.1. The quantitative estimate of drug-likeness (QED) is 0.272. The van der Waals surface area contributed by atoms with Crippen LogP contribution in [0.15, 0.2) is 54.2 Å². The van der Waals surface area contributed by atoms with Crippen LogP contribution in [0.3, 0.4) is 0 Å². The van der Waals surface area contributed by atoms with Crippen LogP contribution in [0.25, 0.3) is 0 Å². The molecule has 2 aliphatic heterocycles. The van der Waals surface area contributed by atoms with Crippen LogP contribution in [0.5, 0.6) is 11.5 Å². The standard InChI is InChI=1S/C25H29N3O6/c1-31-24(29)21(25(30)32-2)14-26-20-5-3-4-18(12-20)15-27-8-10-28(11-9-27)16-19-6-7-22-23(13-19)34-17-33-22/h3-7,12-14,26H,8-11,15-17H2,1-2H3. The number of ether oxygens (including phenoxy) is 4. The maximum Gasteiger partial charge on any atom is 0.346 e. The van der Waals surface area contributed by atoms with Crippen LogP contribution in [0.2, 0.25) is 0 Å². The van der Waals surface area contributed by atoms with Gasteiger partial charge in [0, 0.05) is 51.2 Å². The minimum Gasteiger partial charge on any atom is -0.465 e. The molecule has 1 N–H and O–H groups in total. The van der Waals surface area contributed by atoms with Crippen LogP contribution in [0.1, 0.15) is 11.1 Å². The average Bonchev–Trinajstić information content (AvgIpc) is 3.33. The van der Waals surface area contributed by atoms with E-state index in [1.165, 1.54) is 26.0 Å². The summed E-state index contributed by atoms with van der Waals surface area (Å²) in [6.07, 6.45) is 1.31. The smallest absolute Gasteiger partial charge is 0.346 e. The Morgan fingerprint density at radius 3 is 2.15 bits per heavy atom. The third-order valence-corrected chi connectivity index (χ3v) is 5.84. The molecule has 9 heteroatoms. The summed E-state index contributed by atoms with van der Waals surface area (Å²) in [6, 6.07) is 14.0. The summed E-state index contributed by atoms with van der Waals surface area (Å²) in [7, 11) is 2.43. The largest absolute Gasteiger partial charge is 0.465 e. The molecule has 34 heavy (non-hydrogen) atoms. The Morgan fingerprint density at radius 2 is 1.50 bits per heavy atom. The second-order valence-corrected chi connectivity index (χ2v) is 8.13. The van der Waals surface area contributed by atoms with Gasteiger partial charge in [0.2, 0.25) is 6.79 Å². The number of hydrogen-bond acceptors (Lipinski definition) is 9. The van der Waals surface area contributed by atoms with Gasteiger partial charge in [-0.3, -0.25) is 9.80 Å². The number of hydrogen-bond donors (Lipinski definition) is 1. The van der Waals surface area contributed by atoms with Crippen molar-refractivity contribution in [3.63, 3.8) is 0 Å². The fourth-order valence-electron chi connectivity index (χ4n) is 4.00. The van der Waals surface area contributed by atoms with Crippen molar-refractivity contribution in [2.24, 2.45) is 0 Å². The van der Waals surface area contributed by atoms with E-state index in [-0.39, 0.29) is 5.57 Å². The van der Waals surface area contributed by atoms with Gasteiger partial charge in [-0.2, -0.15) is 0 Å². The Labute approximate surface area is 198 Å². The maximum atomic E-state index is 11.8. The minimum absolute atomic E-state index is 0.200. The van der Waals surface area contributed by atoms with Crippen molar-refractivity contribution in [1.82, 2.24) is 9.80 Å². The van der Waals surface area contributed by atoms with Gasteiger partial charge in [0.15, 0.2) is 17.1 Å². The van der Waals surface area contributed by atoms with Gasteiger partial charge in [-0.05, 0) is 35.4 Å². The molecule has 9 nitrogen and oxygen atoms in total. The second kappa shape index (κ2) is 11.0. The Kier molecular flexibility index (Phi) is 7.66. The molecule has 0 aliphatic carbocycles. The van der Waals surface area contributed by atoms with Gasteiger partial charge >= 0.3 is 11.9 Å². The van der Waals surface area contributed by atoms with Crippen molar-refractivity contribution in [1.29, 1.82) is 0 Å². The van der Waals surface area contributed by atoms with Crippen LogP contribution in [-0.2, 0) is 32.2 Å². The average molecular weight is 468 g/mol. The maximum absolute atomic E-state index is 11.8. The van der Waals surface area contributed by atoms with E-state index in [9.17, 15) is 9.59 Å². The number of carbonyl (C=O) groups excluding carboxylic acids is 2. The number of rotatable bonds is 8. The van der Waals surface area contributed by atoms with E-state index in [0.717, 1.165) is 62.0 Å². The molecular formula is C25H29N3O6. The monoisotopic (exact) mass is 467 g/mol. The molecule has 0 aromatic heterocycles. The van der Waals surface area contributed by atoms with E-state index in [4.69, 9.17) is 9.47 Å². The molecule has 4 rings (SSSR count). The molecule has 0 radical (unpaired) electrons. The molecule has 1 fully saturated rings. The first kappa shape index (κ1) is 23.6. The van der Waals surface area contributed by atoms with Crippen LogP contribution in [-0.4, -0.2) is 68.9 Å². The van der Waals surface area contributed by atoms with Crippen molar-refractivity contribution in [3.05, 3.63) is 65.4 Å². The molecule has 2 aromatic rings. The molecule has 180 valence electrons. The number of nitrogens with one attached hydrogen (secondary N) is 1. The lowest BCUT2D eigenvalue weighted by molar-refractivity contribution is -0.144. The molecule has 0 unspecified atom stereocenters. The van der Waals surface area contributed by atoms with E-state index in [0.29, 0.717) is 6.79 Å². The van der Waals surface area contributed by atoms with E-state index in [2.05, 4.69) is 42.8 Å². The zero-order chi connectivity index (χ0) is 23.9. The highest BCUT2D eigenvalue weighted by Crippen LogP contribution is 2.32. The highest BCUT2D eigenvalue weighted by molar-refractivity contribution is 6.14. The molecule has 0 amide bonds. The van der Waals surface area contributed by atoms with E-state index < -0.39 is 11.9 Å². The van der Waals surface area contributed by atoms with Gasteiger partial charge in [0.05, 0.1) is 14.2 Å². The third kappa shape index (κ3) is 5.86. The number of esters is 2. The molecule has 0 spiro atoms. The topological polar surface area (TPSA) is 89.6 Å². The zero-order valence-corrected chi connectivity index (χ0v) is 19.4. The van der Waals surface area contributed by atoms with Crippen LogP contribution < -0.4 is 14.8 Å². The van der Waals surface area contributed by atoms with Gasteiger partial charge in [-0.1, -0.05) is 18.2 Å². The summed E-state index contributed by atoms with van der Waals surface area (Å²) < 4.78 is 20.2. The molecule has 0 bridgehead atoms. The van der Waals surface area contributed by atoms with Crippen LogP contribution >= 0.6 is 0 Å². The second-order valence-electron chi connectivity index (χ2n) is 8.13. The number of benzene rings is 2. The van der Waals surface area contributed by atoms with Crippen molar-refractivity contribution < 1.29 is 28.5 Å². The Bertz CT molecular complexity index is 1040. The summed E-state index contributed by atoms with van der Waals surface area (Å²) in [5.74, 6) is 0.126. The number of carbonyl (C=O) groups is 2. The third-order valence-electron chi connectivity index (χ3n) is 5.84. The molecule has 2 aromatic carbocycles. The summed E-state index contributed by atoms with van der Waals surface area (Å²) in [4.78, 5) is 28.5. The van der Waals surface area contributed by atoms with Crippen molar-refractivity contribution in [2.45, 2.75) is 13.1 Å². The normalized spacial score (nSPS) is 15.5. The first-order valence-corrected chi connectivity index (χ1v) is 11.1. The predicted octanol–water partition coefficient (Wildman–Crippen LogP) is 2.37. The lowest BCUT2D eigenvalue weighted by Gasteiger charge is -2.34. The van der Waals surface area contributed by atoms with E-state index in [1.807, 2.05) is 24.3 Å². The minimum atomic E-state index is -0.755. The van der Waals surface area contributed by atoms with Gasteiger partial charge in [0.25, 0.3) is 0 Å². The van der Waals surface area contributed by atoms with E-state index in [1.54, 1.807) is 0 Å². The number of methoxy groups -OCH3 is 2. The van der Waals surface area contributed by atoms with Crippen LogP contribution in [0, 0.1) is 0 Å². The zero-order valence-electron chi connectivity index (χ0n) is 19.4. The highest BCUT2D eigenvalue weighted by Gasteiger charge is 2.20. The Hall–Kier alpha value is -3.56. The fraction of sp³-hybridized carbons (Fsp3) is 0.360. The molecule has 0 saturated carbocycles. The van der Waals surface area contributed by atoms with Gasteiger partial charge < -0.3 is 24.3 Å². The predicted molar refractivity (Wildman–Crippen MR) is 125 cm³/mol. The molecule has 1 saturated heterocycles. The van der Waals surface area contributed by atoms with Crippen molar-refractivity contribution in [3.8, 4) is 11.5 Å². The molecular weight excluding hydrogens is 438 g/mol. The summed E-state index contributed by atoms with van der Waals surface area (Å²) >= 11 is 0. The summed E-state index contributed by atoms with van der Waals surface area (Å²) in [5, 5.41) is 3.00. The SMILES string of the molecule is COC(=O)C(=CNc1cccc(CN2CCN(Cc3ccc4c(c3)OCO4)CC2)c1)C(=O)OC. The molecule has 2 aliphatic rings.